The third-order valence-corrected chi connectivity index (χ3v) is 3.47. The number of benzene rings is 1. The van der Waals surface area contributed by atoms with Crippen molar-refractivity contribution in [3.8, 4) is 5.75 Å². The number of fused-ring (bicyclic) bond motifs is 1. The highest BCUT2D eigenvalue weighted by atomic mass is 79.9. The average molecular weight is 257 g/mol. The van der Waals surface area contributed by atoms with Crippen molar-refractivity contribution in [3.63, 3.8) is 0 Å². The molecule has 1 aromatic rings. The molecule has 0 radical (unpaired) electrons. The van der Waals surface area contributed by atoms with Crippen LogP contribution < -0.4 is 0 Å². The van der Waals surface area contributed by atoms with Gasteiger partial charge in [-0.15, -0.1) is 0 Å². The molecule has 2 N–H and O–H groups in total. The minimum Gasteiger partial charge on any atom is -0.507 e. The van der Waals surface area contributed by atoms with Crippen molar-refractivity contribution in [3.05, 3.63) is 27.7 Å². The van der Waals surface area contributed by atoms with Crippen molar-refractivity contribution in [2.75, 3.05) is 0 Å². The first kappa shape index (κ1) is 9.52. The van der Waals surface area contributed by atoms with Crippen LogP contribution in [0.15, 0.2) is 16.6 Å². The lowest BCUT2D eigenvalue weighted by Crippen LogP contribution is -2.12. The highest BCUT2D eigenvalue weighted by molar-refractivity contribution is 9.10. The predicted octanol–water partition coefficient (Wildman–Crippen LogP) is 1.95. The first-order chi connectivity index (χ1) is 6.59. The number of hydrogen-bond donors (Lipinski definition) is 2. The summed E-state index contributed by atoms with van der Waals surface area (Å²) in [6, 6.07) is 3.38. The number of phenols is 1. The van der Waals surface area contributed by atoms with Gasteiger partial charge in [0.25, 0.3) is 0 Å². The Bertz CT molecular complexity index is 401. The summed E-state index contributed by atoms with van der Waals surface area (Å²) < 4.78 is 0.638. The van der Waals surface area contributed by atoms with Crippen molar-refractivity contribution < 1.29 is 15.0 Å². The lowest BCUT2D eigenvalue weighted by molar-refractivity contribution is -0.141. The number of hydrogen-bond acceptors (Lipinski definition) is 2. The monoisotopic (exact) mass is 256 g/mol. The molecular formula is C10H9BrO3. The van der Waals surface area contributed by atoms with Crippen LogP contribution in [0.25, 0.3) is 0 Å². The molecule has 1 unspecified atom stereocenters. The zero-order chi connectivity index (χ0) is 10.3. The van der Waals surface area contributed by atoms with Crippen LogP contribution in [0, 0.1) is 5.92 Å². The molecule has 0 amide bonds. The van der Waals surface area contributed by atoms with Gasteiger partial charge in [0.1, 0.15) is 5.75 Å². The van der Waals surface area contributed by atoms with E-state index in [9.17, 15) is 9.90 Å². The van der Waals surface area contributed by atoms with Gasteiger partial charge in [0, 0.05) is 0 Å². The first-order valence-electron chi connectivity index (χ1n) is 4.31. The Morgan fingerprint density at radius 3 is 2.79 bits per heavy atom. The van der Waals surface area contributed by atoms with Crippen LogP contribution in [0.3, 0.4) is 0 Å². The highest BCUT2D eigenvalue weighted by Gasteiger charge is 2.29. The van der Waals surface area contributed by atoms with E-state index in [1.54, 1.807) is 12.1 Å². The summed E-state index contributed by atoms with van der Waals surface area (Å²) >= 11 is 3.26. The number of aromatic hydroxyl groups is 1. The van der Waals surface area contributed by atoms with E-state index in [0.29, 0.717) is 17.3 Å². The molecule has 0 aromatic heterocycles. The van der Waals surface area contributed by atoms with Gasteiger partial charge in [-0.3, -0.25) is 4.79 Å². The first-order valence-corrected chi connectivity index (χ1v) is 5.11. The van der Waals surface area contributed by atoms with Gasteiger partial charge in [-0.05, 0) is 46.0 Å². The summed E-state index contributed by atoms with van der Waals surface area (Å²) in [6.45, 7) is 0. The standard InChI is InChI=1S/C10H9BrO3/c11-9-7-4-6(10(13)14)3-5(7)1-2-8(9)12/h1-2,6,12H,3-4H2,(H,13,14). The Balaban J connectivity index is 2.40. The highest BCUT2D eigenvalue weighted by Crippen LogP contribution is 2.37. The zero-order valence-electron chi connectivity index (χ0n) is 7.33. The molecule has 14 heavy (non-hydrogen) atoms. The van der Waals surface area contributed by atoms with Crippen LogP contribution in [0.2, 0.25) is 0 Å². The normalized spacial score (nSPS) is 19.4. The van der Waals surface area contributed by atoms with Gasteiger partial charge in [0.05, 0.1) is 10.4 Å². The Labute approximate surface area is 89.5 Å². The fourth-order valence-corrected chi connectivity index (χ4v) is 2.37. The second-order valence-corrected chi connectivity index (χ2v) is 4.27. The molecule has 4 heteroatoms. The minimum atomic E-state index is -0.771. The van der Waals surface area contributed by atoms with Crippen molar-refractivity contribution in [1.82, 2.24) is 0 Å². The van der Waals surface area contributed by atoms with E-state index in [1.807, 2.05) is 0 Å². The molecule has 1 atom stereocenters. The van der Waals surface area contributed by atoms with Crippen LogP contribution in [-0.4, -0.2) is 16.2 Å². The molecule has 74 valence electrons. The predicted molar refractivity (Wildman–Crippen MR) is 54.3 cm³/mol. The smallest absolute Gasteiger partial charge is 0.307 e. The van der Waals surface area contributed by atoms with Gasteiger partial charge < -0.3 is 10.2 Å². The van der Waals surface area contributed by atoms with Crippen molar-refractivity contribution in [2.24, 2.45) is 5.92 Å². The maximum absolute atomic E-state index is 10.8. The number of rotatable bonds is 1. The molecule has 1 aliphatic rings. The van der Waals surface area contributed by atoms with Crippen LogP contribution in [0.1, 0.15) is 11.1 Å². The lowest BCUT2D eigenvalue weighted by Gasteiger charge is -2.03. The summed E-state index contributed by atoms with van der Waals surface area (Å²) in [5.41, 5.74) is 1.94. The van der Waals surface area contributed by atoms with Gasteiger partial charge in [-0.25, -0.2) is 0 Å². The third-order valence-electron chi connectivity index (χ3n) is 2.59. The number of carbonyl (C=O) groups is 1. The van der Waals surface area contributed by atoms with E-state index >= 15 is 0 Å². The number of halogens is 1. The molecule has 0 saturated carbocycles. The Morgan fingerprint density at radius 1 is 1.43 bits per heavy atom. The zero-order valence-corrected chi connectivity index (χ0v) is 8.91. The molecule has 2 rings (SSSR count). The van der Waals surface area contributed by atoms with E-state index in [4.69, 9.17) is 5.11 Å². The molecule has 3 nitrogen and oxygen atoms in total. The maximum atomic E-state index is 10.8. The Hall–Kier alpha value is -1.03. The van der Waals surface area contributed by atoms with Gasteiger partial charge in [-0.1, -0.05) is 6.07 Å². The maximum Gasteiger partial charge on any atom is 0.307 e. The van der Waals surface area contributed by atoms with E-state index < -0.39 is 5.97 Å². The van der Waals surface area contributed by atoms with Crippen molar-refractivity contribution in [1.29, 1.82) is 0 Å². The van der Waals surface area contributed by atoms with E-state index in [2.05, 4.69) is 15.9 Å². The molecule has 0 spiro atoms. The summed E-state index contributed by atoms with van der Waals surface area (Å²) in [5, 5.41) is 18.3. The van der Waals surface area contributed by atoms with Crippen LogP contribution in [0.5, 0.6) is 5.75 Å². The summed E-state index contributed by atoms with van der Waals surface area (Å²) in [6.07, 6.45) is 1.06. The minimum absolute atomic E-state index is 0.176. The fraction of sp³-hybridized carbons (Fsp3) is 0.300. The Morgan fingerprint density at radius 2 is 2.14 bits per heavy atom. The average Bonchev–Trinajstić information content (AvgIpc) is 2.56. The number of aliphatic carboxylic acids is 1. The quantitative estimate of drug-likeness (QED) is 0.808. The number of phenolic OH excluding ortho intramolecular Hbond substituents is 1. The number of carboxylic acid groups (broad SMARTS) is 1. The molecular weight excluding hydrogens is 248 g/mol. The van der Waals surface area contributed by atoms with Crippen LogP contribution in [0.4, 0.5) is 0 Å². The van der Waals surface area contributed by atoms with Gasteiger partial charge in [-0.2, -0.15) is 0 Å². The molecule has 1 aromatic carbocycles. The fourth-order valence-electron chi connectivity index (χ4n) is 1.82. The van der Waals surface area contributed by atoms with Crippen LogP contribution in [-0.2, 0) is 17.6 Å². The molecule has 1 aliphatic carbocycles. The third kappa shape index (κ3) is 1.39. The topological polar surface area (TPSA) is 57.5 Å². The van der Waals surface area contributed by atoms with Gasteiger partial charge in [0.2, 0.25) is 0 Å². The molecule has 0 heterocycles. The number of carboxylic acids is 1. The van der Waals surface area contributed by atoms with Crippen LogP contribution >= 0.6 is 15.9 Å². The summed E-state index contributed by atoms with van der Waals surface area (Å²) in [4.78, 5) is 10.8. The second kappa shape index (κ2) is 3.28. The molecule has 0 saturated heterocycles. The SMILES string of the molecule is O=C(O)C1Cc2ccc(O)c(Br)c2C1. The second-order valence-electron chi connectivity index (χ2n) is 3.48. The van der Waals surface area contributed by atoms with Gasteiger partial charge in [0.15, 0.2) is 0 Å². The van der Waals surface area contributed by atoms with Crippen molar-refractivity contribution in [2.45, 2.75) is 12.8 Å². The Kier molecular flexibility index (Phi) is 2.23. The van der Waals surface area contributed by atoms with E-state index in [-0.39, 0.29) is 11.7 Å². The van der Waals surface area contributed by atoms with Gasteiger partial charge >= 0.3 is 5.97 Å². The van der Waals surface area contributed by atoms with Crippen molar-refractivity contribution >= 4 is 21.9 Å². The molecule has 0 aliphatic heterocycles. The summed E-state index contributed by atoms with van der Waals surface area (Å²) in [5.74, 6) is -0.939. The lowest BCUT2D eigenvalue weighted by atomic mass is 10.1. The summed E-state index contributed by atoms with van der Waals surface area (Å²) in [7, 11) is 0. The van der Waals surface area contributed by atoms with E-state index in [1.165, 1.54) is 0 Å². The molecule has 0 fully saturated rings. The van der Waals surface area contributed by atoms with E-state index in [0.717, 1.165) is 11.1 Å². The molecule has 0 bridgehead atoms. The largest absolute Gasteiger partial charge is 0.507 e.